The molecular formula is C16H11NO3S3. The first-order valence-corrected chi connectivity index (χ1v) is 8.76. The number of aliphatic carboxylic acids is 1. The van der Waals surface area contributed by atoms with Crippen LogP contribution in [0.25, 0.3) is 6.08 Å². The van der Waals surface area contributed by atoms with Gasteiger partial charge in [0.25, 0.3) is 5.91 Å². The maximum Gasteiger partial charge on any atom is 0.331 e. The van der Waals surface area contributed by atoms with Crippen LogP contribution in [-0.2, 0) is 9.59 Å². The average Bonchev–Trinajstić information content (AvgIpc) is 3.12. The Kier molecular flexibility index (Phi) is 4.61. The molecule has 0 spiro atoms. The van der Waals surface area contributed by atoms with Gasteiger partial charge < -0.3 is 5.11 Å². The van der Waals surface area contributed by atoms with Crippen molar-refractivity contribution in [2.75, 3.05) is 0 Å². The highest BCUT2D eigenvalue weighted by atomic mass is 32.2. The number of carboxylic acids is 1. The van der Waals surface area contributed by atoms with E-state index in [-0.39, 0.29) is 10.2 Å². The van der Waals surface area contributed by atoms with Gasteiger partial charge in [0.15, 0.2) is 6.04 Å². The van der Waals surface area contributed by atoms with Crippen LogP contribution in [-0.4, -0.2) is 26.2 Å². The zero-order valence-corrected chi connectivity index (χ0v) is 14.2. The number of rotatable bonds is 4. The third-order valence-electron chi connectivity index (χ3n) is 3.25. The van der Waals surface area contributed by atoms with Crippen molar-refractivity contribution in [3.8, 4) is 0 Å². The standard InChI is InChI=1S/C16H11NO3S3/c18-14-12(9-11-7-4-8-22-11)23-16(21)17(14)13(15(19)20)10-5-2-1-3-6-10/h1-9,13H,(H,19,20)/b12-9-/t13-/m0/s1. The topological polar surface area (TPSA) is 57.6 Å². The summed E-state index contributed by atoms with van der Waals surface area (Å²) in [6.07, 6.45) is 1.74. The summed E-state index contributed by atoms with van der Waals surface area (Å²) in [5.74, 6) is -1.48. The predicted molar refractivity (Wildman–Crippen MR) is 96.1 cm³/mol. The minimum atomic E-state index is -1.11. The van der Waals surface area contributed by atoms with E-state index in [1.165, 1.54) is 16.2 Å². The molecule has 4 nitrogen and oxygen atoms in total. The molecule has 0 radical (unpaired) electrons. The van der Waals surface area contributed by atoms with Gasteiger partial charge in [-0.25, -0.2) is 4.79 Å². The monoisotopic (exact) mass is 361 g/mol. The van der Waals surface area contributed by atoms with E-state index in [4.69, 9.17) is 12.2 Å². The molecular weight excluding hydrogens is 350 g/mol. The van der Waals surface area contributed by atoms with Crippen molar-refractivity contribution in [1.82, 2.24) is 4.90 Å². The van der Waals surface area contributed by atoms with Crippen LogP contribution in [0.2, 0.25) is 0 Å². The third kappa shape index (κ3) is 3.21. The number of thiocarbonyl (C=S) groups is 1. The van der Waals surface area contributed by atoms with Crippen LogP contribution in [0, 0.1) is 0 Å². The fourth-order valence-corrected chi connectivity index (χ4v) is 4.28. The quantitative estimate of drug-likeness (QED) is 0.663. The normalized spacial score (nSPS) is 17.7. The van der Waals surface area contributed by atoms with E-state index in [9.17, 15) is 14.7 Å². The molecule has 0 bridgehead atoms. The number of amides is 1. The second kappa shape index (κ2) is 6.66. The molecule has 2 aromatic rings. The van der Waals surface area contributed by atoms with Crippen molar-refractivity contribution in [2.24, 2.45) is 0 Å². The number of nitrogens with zero attached hydrogens (tertiary/aromatic N) is 1. The van der Waals surface area contributed by atoms with Gasteiger partial charge in [0.2, 0.25) is 0 Å². The van der Waals surface area contributed by atoms with E-state index in [1.807, 2.05) is 17.5 Å². The van der Waals surface area contributed by atoms with Crippen molar-refractivity contribution in [3.05, 3.63) is 63.2 Å². The molecule has 0 saturated carbocycles. The molecule has 0 aliphatic carbocycles. The Morgan fingerprint density at radius 2 is 1.96 bits per heavy atom. The zero-order valence-electron chi connectivity index (χ0n) is 11.7. The Morgan fingerprint density at radius 3 is 2.57 bits per heavy atom. The van der Waals surface area contributed by atoms with Gasteiger partial charge in [-0.05, 0) is 23.1 Å². The van der Waals surface area contributed by atoms with E-state index in [0.717, 1.165) is 16.6 Å². The van der Waals surface area contributed by atoms with E-state index in [2.05, 4.69) is 0 Å². The number of thioether (sulfide) groups is 1. The fraction of sp³-hybridized carbons (Fsp3) is 0.0625. The number of carbonyl (C=O) groups is 2. The molecule has 1 aliphatic heterocycles. The number of hydrogen-bond acceptors (Lipinski definition) is 5. The minimum absolute atomic E-state index is 0.258. The van der Waals surface area contributed by atoms with E-state index < -0.39 is 12.0 Å². The maximum absolute atomic E-state index is 12.7. The first-order valence-electron chi connectivity index (χ1n) is 6.66. The van der Waals surface area contributed by atoms with Crippen molar-refractivity contribution in [3.63, 3.8) is 0 Å². The highest BCUT2D eigenvalue weighted by Crippen LogP contribution is 2.38. The van der Waals surface area contributed by atoms with Gasteiger partial charge in [-0.2, -0.15) is 0 Å². The van der Waals surface area contributed by atoms with Gasteiger partial charge in [-0.15, -0.1) is 11.3 Å². The molecule has 23 heavy (non-hydrogen) atoms. The first kappa shape index (κ1) is 15.9. The molecule has 116 valence electrons. The number of carboxylic acid groups (broad SMARTS) is 1. The largest absolute Gasteiger partial charge is 0.479 e. The molecule has 1 aromatic carbocycles. The lowest BCUT2D eigenvalue weighted by Gasteiger charge is -2.23. The van der Waals surface area contributed by atoms with Gasteiger partial charge >= 0.3 is 5.97 Å². The van der Waals surface area contributed by atoms with Gasteiger partial charge in [-0.1, -0.05) is 60.4 Å². The van der Waals surface area contributed by atoms with Crippen molar-refractivity contribution >= 4 is 57.6 Å². The summed E-state index contributed by atoms with van der Waals surface area (Å²) < 4.78 is 0.258. The minimum Gasteiger partial charge on any atom is -0.479 e. The van der Waals surface area contributed by atoms with Crippen LogP contribution >= 0.6 is 35.3 Å². The van der Waals surface area contributed by atoms with Crippen LogP contribution in [0.1, 0.15) is 16.5 Å². The number of carbonyl (C=O) groups excluding carboxylic acids is 1. The summed E-state index contributed by atoms with van der Waals surface area (Å²) in [6.45, 7) is 0. The Balaban J connectivity index is 1.97. The van der Waals surface area contributed by atoms with Gasteiger partial charge in [0.05, 0.1) is 4.91 Å². The lowest BCUT2D eigenvalue weighted by atomic mass is 10.1. The average molecular weight is 361 g/mol. The van der Waals surface area contributed by atoms with Crippen LogP contribution in [0.5, 0.6) is 0 Å². The van der Waals surface area contributed by atoms with E-state index >= 15 is 0 Å². The second-order valence-corrected chi connectivity index (χ2v) is 7.37. The number of benzene rings is 1. The summed E-state index contributed by atoms with van der Waals surface area (Å²) in [5, 5.41) is 11.5. The van der Waals surface area contributed by atoms with Crippen LogP contribution in [0.4, 0.5) is 0 Å². The zero-order chi connectivity index (χ0) is 16.4. The van der Waals surface area contributed by atoms with Crippen LogP contribution < -0.4 is 0 Å². The Morgan fingerprint density at radius 1 is 1.22 bits per heavy atom. The summed E-state index contributed by atoms with van der Waals surface area (Å²) in [6, 6.07) is 11.3. The van der Waals surface area contributed by atoms with Gasteiger partial charge in [0.1, 0.15) is 4.32 Å². The smallest absolute Gasteiger partial charge is 0.331 e. The lowest BCUT2D eigenvalue weighted by Crippen LogP contribution is -2.37. The molecule has 7 heteroatoms. The first-order chi connectivity index (χ1) is 11.1. The van der Waals surface area contributed by atoms with Crippen molar-refractivity contribution < 1.29 is 14.7 Å². The second-order valence-electron chi connectivity index (χ2n) is 4.72. The molecule has 0 unspecified atom stereocenters. The molecule has 1 N–H and O–H groups in total. The van der Waals surface area contributed by atoms with Crippen molar-refractivity contribution in [1.29, 1.82) is 0 Å². The van der Waals surface area contributed by atoms with E-state index in [1.54, 1.807) is 36.4 Å². The molecule has 1 aliphatic rings. The van der Waals surface area contributed by atoms with E-state index in [0.29, 0.717) is 10.5 Å². The highest BCUT2D eigenvalue weighted by molar-refractivity contribution is 8.26. The Hall–Kier alpha value is -1.96. The van der Waals surface area contributed by atoms with Crippen LogP contribution in [0.15, 0.2) is 52.7 Å². The summed E-state index contributed by atoms with van der Waals surface area (Å²) in [4.78, 5) is 26.9. The molecule has 1 saturated heterocycles. The summed E-state index contributed by atoms with van der Waals surface area (Å²) >= 11 is 7.89. The predicted octanol–water partition coefficient (Wildman–Crippen LogP) is 3.78. The summed E-state index contributed by atoms with van der Waals surface area (Å²) in [5.41, 5.74) is 0.522. The summed E-state index contributed by atoms with van der Waals surface area (Å²) in [7, 11) is 0. The molecule has 1 amide bonds. The number of hydrogen-bond donors (Lipinski definition) is 1. The Labute approximate surface area is 146 Å². The number of thiophene rings is 1. The Bertz CT molecular complexity index is 784. The maximum atomic E-state index is 12.7. The third-order valence-corrected chi connectivity index (χ3v) is 5.40. The highest BCUT2D eigenvalue weighted by Gasteiger charge is 2.41. The molecule has 1 fully saturated rings. The molecule has 1 aromatic heterocycles. The van der Waals surface area contributed by atoms with Gasteiger partial charge in [0, 0.05) is 4.88 Å². The molecule has 2 heterocycles. The van der Waals surface area contributed by atoms with Crippen molar-refractivity contribution in [2.45, 2.75) is 6.04 Å². The van der Waals surface area contributed by atoms with Gasteiger partial charge in [-0.3, -0.25) is 9.69 Å². The fourth-order valence-electron chi connectivity index (χ4n) is 2.24. The van der Waals surface area contributed by atoms with Crippen LogP contribution in [0.3, 0.4) is 0 Å². The SMILES string of the molecule is O=C(O)[C@H](c1ccccc1)N1C(=O)/C(=C/c2cccs2)SC1=S. The molecule has 1 atom stereocenters. The molecule has 3 rings (SSSR count). The lowest BCUT2D eigenvalue weighted by molar-refractivity contribution is -0.145.